The smallest absolute Gasteiger partial charge is 0.341 e. The Labute approximate surface area is 109 Å². The van der Waals surface area contributed by atoms with Crippen molar-refractivity contribution in [2.24, 2.45) is 0 Å². The molecular weight excluding hydrogens is 250 g/mol. The van der Waals surface area contributed by atoms with E-state index in [1.807, 2.05) is 17.5 Å². The number of anilines is 1. The maximum Gasteiger partial charge on any atom is 0.341 e. The van der Waals surface area contributed by atoms with Gasteiger partial charge in [-0.25, -0.2) is 4.79 Å². The number of ether oxygens (including phenoxy) is 2. The van der Waals surface area contributed by atoms with Crippen molar-refractivity contribution < 1.29 is 14.3 Å². The average molecular weight is 263 g/mol. The van der Waals surface area contributed by atoms with Crippen LogP contribution in [-0.4, -0.2) is 13.1 Å². The second-order valence-corrected chi connectivity index (χ2v) is 4.62. The molecule has 0 fully saturated rings. The van der Waals surface area contributed by atoms with Crippen LogP contribution in [0.5, 0.6) is 5.75 Å². The van der Waals surface area contributed by atoms with E-state index in [-0.39, 0.29) is 0 Å². The lowest BCUT2D eigenvalue weighted by Crippen LogP contribution is -2.07. The fourth-order valence-electron chi connectivity index (χ4n) is 1.52. The highest BCUT2D eigenvalue weighted by Crippen LogP contribution is 2.28. The highest BCUT2D eigenvalue weighted by Gasteiger charge is 2.15. The molecule has 5 heteroatoms. The molecule has 1 heterocycles. The Balaban J connectivity index is 2.22. The molecule has 1 aromatic carbocycles. The molecule has 0 unspecified atom stereocenters. The third-order valence-electron chi connectivity index (χ3n) is 2.39. The highest BCUT2D eigenvalue weighted by atomic mass is 32.1. The Kier molecular flexibility index (Phi) is 3.84. The lowest BCUT2D eigenvalue weighted by molar-refractivity contribution is 0.0596. The first-order valence-corrected chi connectivity index (χ1v) is 6.22. The zero-order valence-electron chi connectivity index (χ0n) is 9.88. The maximum atomic E-state index is 11.6. The van der Waals surface area contributed by atoms with Crippen molar-refractivity contribution in [3.05, 3.63) is 46.2 Å². The van der Waals surface area contributed by atoms with Crippen LogP contribution in [0.25, 0.3) is 0 Å². The monoisotopic (exact) mass is 263 g/mol. The summed E-state index contributed by atoms with van der Waals surface area (Å²) in [6.07, 6.45) is 0. The van der Waals surface area contributed by atoms with Gasteiger partial charge in [0.15, 0.2) is 5.75 Å². The fraction of sp³-hybridized carbons (Fsp3) is 0.154. The second-order valence-electron chi connectivity index (χ2n) is 3.58. The van der Waals surface area contributed by atoms with Gasteiger partial charge in [0.25, 0.3) is 0 Å². The fourth-order valence-corrected chi connectivity index (χ4v) is 2.14. The van der Waals surface area contributed by atoms with Gasteiger partial charge in [-0.3, -0.25) is 0 Å². The van der Waals surface area contributed by atoms with Crippen LogP contribution >= 0.6 is 11.3 Å². The number of rotatable bonds is 4. The molecule has 1 aromatic heterocycles. The first kappa shape index (κ1) is 12.4. The Morgan fingerprint density at radius 2 is 2.17 bits per heavy atom. The van der Waals surface area contributed by atoms with Gasteiger partial charge < -0.3 is 15.2 Å². The van der Waals surface area contributed by atoms with E-state index in [0.717, 1.165) is 4.88 Å². The molecule has 0 spiro atoms. The van der Waals surface area contributed by atoms with Gasteiger partial charge in [-0.15, -0.1) is 11.3 Å². The Bertz CT molecular complexity index is 537. The molecule has 4 nitrogen and oxygen atoms in total. The van der Waals surface area contributed by atoms with Crippen LogP contribution in [-0.2, 0) is 11.3 Å². The van der Waals surface area contributed by atoms with Crippen molar-refractivity contribution in [3.63, 3.8) is 0 Å². The predicted octanol–water partition coefficient (Wildman–Crippen LogP) is 2.70. The number of benzene rings is 1. The number of para-hydroxylation sites is 1. The number of hydrogen-bond acceptors (Lipinski definition) is 5. The lowest BCUT2D eigenvalue weighted by Gasteiger charge is -2.11. The topological polar surface area (TPSA) is 61.5 Å². The van der Waals surface area contributed by atoms with Crippen LogP contribution in [0.15, 0.2) is 35.7 Å². The normalized spacial score (nSPS) is 10.1. The van der Waals surface area contributed by atoms with Gasteiger partial charge in [-0.1, -0.05) is 12.1 Å². The Morgan fingerprint density at radius 1 is 1.33 bits per heavy atom. The van der Waals surface area contributed by atoms with Crippen LogP contribution in [0.3, 0.4) is 0 Å². The summed E-state index contributed by atoms with van der Waals surface area (Å²) in [5, 5.41) is 1.97. The molecule has 0 bridgehead atoms. The number of carbonyl (C=O) groups excluding carboxylic acids is 1. The first-order chi connectivity index (χ1) is 8.72. The van der Waals surface area contributed by atoms with Crippen molar-refractivity contribution in [2.75, 3.05) is 12.8 Å². The van der Waals surface area contributed by atoms with E-state index in [4.69, 9.17) is 15.2 Å². The van der Waals surface area contributed by atoms with Gasteiger partial charge in [0.1, 0.15) is 12.2 Å². The second kappa shape index (κ2) is 5.55. The van der Waals surface area contributed by atoms with Crippen molar-refractivity contribution in [1.29, 1.82) is 0 Å². The third-order valence-corrected chi connectivity index (χ3v) is 3.24. The Hall–Kier alpha value is -2.01. The van der Waals surface area contributed by atoms with Crippen LogP contribution in [0, 0.1) is 0 Å². The van der Waals surface area contributed by atoms with Crippen LogP contribution in [0.4, 0.5) is 5.69 Å². The van der Waals surface area contributed by atoms with Gasteiger partial charge in [-0.2, -0.15) is 0 Å². The zero-order chi connectivity index (χ0) is 13.0. The first-order valence-electron chi connectivity index (χ1n) is 5.34. The number of nitrogens with two attached hydrogens (primary N) is 1. The quantitative estimate of drug-likeness (QED) is 0.680. The van der Waals surface area contributed by atoms with Gasteiger partial charge in [-0.05, 0) is 23.6 Å². The molecular formula is C13H13NO3S. The molecule has 2 aromatic rings. The van der Waals surface area contributed by atoms with Crippen LogP contribution in [0.2, 0.25) is 0 Å². The SMILES string of the molecule is COC(=O)c1cccc(N)c1OCc1cccs1. The summed E-state index contributed by atoms with van der Waals surface area (Å²) in [6.45, 7) is 0.385. The standard InChI is InChI=1S/C13H13NO3S/c1-16-13(15)10-5-2-6-11(14)12(10)17-8-9-4-3-7-18-9/h2-7H,8,14H2,1H3. The van der Waals surface area contributed by atoms with E-state index < -0.39 is 5.97 Å². The Morgan fingerprint density at radius 3 is 2.83 bits per heavy atom. The molecule has 0 aliphatic heterocycles. The predicted molar refractivity (Wildman–Crippen MR) is 70.8 cm³/mol. The zero-order valence-corrected chi connectivity index (χ0v) is 10.7. The number of carbonyl (C=O) groups is 1. The lowest BCUT2D eigenvalue weighted by atomic mass is 10.2. The van der Waals surface area contributed by atoms with Crippen LogP contribution in [0.1, 0.15) is 15.2 Å². The molecule has 18 heavy (non-hydrogen) atoms. The molecule has 0 aliphatic carbocycles. The van der Waals surface area contributed by atoms with Crippen molar-refractivity contribution >= 4 is 23.0 Å². The molecule has 0 atom stereocenters. The van der Waals surface area contributed by atoms with E-state index in [1.165, 1.54) is 7.11 Å². The molecule has 2 rings (SSSR count). The number of nitrogen functional groups attached to an aromatic ring is 1. The van der Waals surface area contributed by atoms with Crippen molar-refractivity contribution in [3.8, 4) is 5.75 Å². The summed E-state index contributed by atoms with van der Waals surface area (Å²) in [7, 11) is 1.33. The van der Waals surface area contributed by atoms with E-state index in [9.17, 15) is 4.79 Å². The van der Waals surface area contributed by atoms with E-state index >= 15 is 0 Å². The molecule has 0 saturated carbocycles. The molecule has 0 radical (unpaired) electrons. The summed E-state index contributed by atoms with van der Waals surface area (Å²) in [5.41, 5.74) is 6.59. The van der Waals surface area contributed by atoms with Gasteiger partial charge in [0.05, 0.1) is 12.8 Å². The summed E-state index contributed by atoms with van der Waals surface area (Å²) in [5.74, 6) is -0.0822. The minimum Gasteiger partial charge on any atom is -0.485 e. The van der Waals surface area contributed by atoms with Crippen molar-refractivity contribution in [2.45, 2.75) is 6.61 Å². The summed E-state index contributed by atoms with van der Waals surface area (Å²) < 4.78 is 10.3. The van der Waals surface area contributed by atoms with Gasteiger partial charge >= 0.3 is 5.97 Å². The summed E-state index contributed by atoms with van der Waals surface area (Å²) >= 11 is 1.59. The minimum absolute atomic E-state index is 0.342. The summed E-state index contributed by atoms with van der Waals surface area (Å²) in [6, 6.07) is 8.92. The molecule has 2 N–H and O–H groups in total. The number of hydrogen-bond donors (Lipinski definition) is 1. The van der Waals surface area contributed by atoms with Gasteiger partial charge in [0.2, 0.25) is 0 Å². The number of methoxy groups -OCH3 is 1. The highest BCUT2D eigenvalue weighted by molar-refractivity contribution is 7.09. The largest absolute Gasteiger partial charge is 0.485 e. The molecule has 94 valence electrons. The average Bonchev–Trinajstić information content (AvgIpc) is 2.89. The number of thiophene rings is 1. The van der Waals surface area contributed by atoms with E-state index in [0.29, 0.717) is 23.6 Å². The van der Waals surface area contributed by atoms with E-state index in [2.05, 4.69) is 0 Å². The molecule has 0 saturated heterocycles. The summed E-state index contributed by atoms with van der Waals surface area (Å²) in [4.78, 5) is 12.7. The number of esters is 1. The van der Waals surface area contributed by atoms with Crippen molar-refractivity contribution in [1.82, 2.24) is 0 Å². The minimum atomic E-state index is -0.455. The molecule has 0 amide bonds. The maximum absolute atomic E-state index is 11.6. The van der Waals surface area contributed by atoms with E-state index in [1.54, 1.807) is 29.5 Å². The van der Waals surface area contributed by atoms with Crippen LogP contribution < -0.4 is 10.5 Å². The van der Waals surface area contributed by atoms with Gasteiger partial charge in [0, 0.05) is 4.88 Å². The third kappa shape index (κ3) is 2.62. The molecule has 0 aliphatic rings.